The van der Waals surface area contributed by atoms with E-state index in [0.717, 1.165) is 22.6 Å². The van der Waals surface area contributed by atoms with E-state index in [1.54, 1.807) is 6.21 Å². The molecule has 0 radical (unpaired) electrons. The molecule has 0 aliphatic heterocycles. The van der Waals surface area contributed by atoms with E-state index >= 15 is 0 Å². The summed E-state index contributed by atoms with van der Waals surface area (Å²) < 4.78 is 1.52. The third kappa shape index (κ3) is 4.59. The summed E-state index contributed by atoms with van der Waals surface area (Å²) in [7, 11) is 0. The van der Waals surface area contributed by atoms with Crippen LogP contribution in [0.25, 0.3) is 5.69 Å². The average Bonchev–Trinajstić information content (AvgIpc) is 3.07. The number of nitrogens with zero attached hydrogens (tertiary/aromatic N) is 4. The normalized spacial score (nSPS) is 11.6. The highest BCUT2D eigenvalue weighted by molar-refractivity contribution is 5.84. The quantitative estimate of drug-likeness (QED) is 0.307. The van der Waals surface area contributed by atoms with Gasteiger partial charge in [-0.1, -0.05) is 42.0 Å². The van der Waals surface area contributed by atoms with E-state index in [1.165, 1.54) is 10.2 Å². The third-order valence-corrected chi connectivity index (χ3v) is 4.90. The summed E-state index contributed by atoms with van der Waals surface area (Å²) in [5.74, 6) is 0. The van der Waals surface area contributed by atoms with Crippen molar-refractivity contribution in [2.24, 2.45) is 15.2 Å². The van der Waals surface area contributed by atoms with E-state index in [2.05, 4.69) is 20.3 Å². The minimum absolute atomic E-state index is 0.151. The molecular weight excluding hydrogens is 386 g/mol. The van der Waals surface area contributed by atoms with Crippen molar-refractivity contribution in [3.63, 3.8) is 0 Å². The van der Waals surface area contributed by atoms with Crippen LogP contribution in [0, 0.1) is 20.8 Å². The molecule has 0 unspecified atom stereocenters. The summed E-state index contributed by atoms with van der Waals surface area (Å²) in [6.07, 6.45) is 1.59. The van der Waals surface area contributed by atoms with Crippen LogP contribution in [0.4, 0.5) is 17.1 Å². The largest absolute Gasteiger partial charge is 0.295 e. The molecule has 0 amide bonds. The number of aryl methyl sites for hydroxylation is 3. The van der Waals surface area contributed by atoms with Crippen molar-refractivity contribution < 1.29 is 0 Å². The number of benzene rings is 3. The van der Waals surface area contributed by atoms with Crippen LogP contribution in [-0.4, -0.2) is 16.0 Å². The molecule has 0 atom stereocenters. The number of hydrogen-bond donors (Lipinski definition) is 1. The van der Waals surface area contributed by atoms with Crippen molar-refractivity contribution >= 4 is 23.3 Å². The minimum atomic E-state index is -0.151. The van der Waals surface area contributed by atoms with Gasteiger partial charge in [-0.15, -0.1) is 5.11 Å². The van der Waals surface area contributed by atoms with E-state index in [0.29, 0.717) is 16.9 Å². The molecule has 1 N–H and O–H groups in total. The van der Waals surface area contributed by atoms with Gasteiger partial charge in [-0.25, -0.2) is 4.68 Å². The maximum atomic E-state index is 12.9. The predicted octanol–water partition coefficient (Wildman–Crippen LogP) is 6.26. The number of para-hydroxylation sites is 1. The number of aliphatic imine (C=N–C) groups is 1. The molecule has 6 nitrogen and oxygen atoms in total. The average molecular weight is 409 g/mol. The number of nitrogens with one attached hydrogen (secondary N) is 1. The van der Waals surface area contributed by atoms with Crippen LogP contribution in [0.3, 0.4) is 0 Å². The summed E-state index contributed by atoms with van der Waals surface area (Å²) in [4.78, 5) is 17.4. The van der Waals surface area contributed by atoms with E-state index in [1.807, 2.05) is 93.6 Å². The fourth-order valence-electron chi connectivity index (χ4n) is 3.15. The standard InChI is InChI=1S/C25H23N5O/c1-17-9-12-20(13-10-17)27-28-24-15-18(2)11-14-23(24)26-16-22-19(3)29-30(25(22)31)21-7-5-4-6-8-21/h4-16,29H,1-3H3. The second kappa shape index (κ2) is 8.75. The number of azo groups is 1. The Hall–Kier alpha value is -4.06. The lowest BCUT2D eigenvalue weighted by atomic mass is 10.2. The van der Waals surface area contributed by atoms with Gasteiger partial charge in [0.1, 0.15) is 5.69 Å². The molecule has 6 heteroatoms. The first-order valence-corrected chi connectivity index (χ1v) is 10.0. The first-order chi connectivity index (χ1) is 15.0. The number of H-pyrrole nitrogens is 1. The lowest BCUT2D eigenvalue weighted by Crippen LogP contribution is -2.17. The second-order valence-corrected chi connectivity index (χ2v) is 7.41. The highest BCUT2D eigenvalue weighted by Gasteiger charge is 2.11. The van der Waals surface area contributed by atoms with Crippen LogP contribution < -0.4 is 5.56 Å². The molecule has 0 aliphatic rings. The Morgan fingerprint density at radius 2 is 1.52 bits per heavy atom. The van der Waals surface area contributed by atoms with Gasteiger partial charge in [-0.3, -0.25) is 14.9 Å². The fourth-order valence-corrected chi connectivity index (χ4v) is 3.15. The van der Waals surface area contributed by atoms with Crippen molar-refractivity contribution in [1.29, 1.82) is 0 Å². The van der Waals surface area contributed by atoms with Gasteiger partial charge in [-0.2, -0.15) is 5.11 Å². The number of rotatable bonds is 5. The smallest absolute Gasteiger partial charge is 0.280 e. The molecule has 1 aromatic heterocycles. The SMILES string of the molecule is Cc1ccc(N=Nc2cc(C)ccc2N=Cc2c(C)[nH]n(-c3ccccc3)c2=O)cc1. The summed E-state index contributed by atoms with van der Waals surface area (Å²) >= 11 is 0. The monoisotopic (exact) mass is 409 g/mol. The number of aromatic amines is 1. The van der Waals surface area contributed by atoms with Gasteiger partial charge in [0.2, 0.25) is 0 Å². The first kappa shape index (κ1) is 20.2. The highest BCUT2D eigenvalue weighted by atomic mass is 16.1. The van der Waals surface area contributed by atoms with Crippen LogP contribution in [0.1, 0.15) is 22.4 Å². The molecule has 0 saturated carbocycles. The van der Waals surface area contributed by atoms with E-state index in [4.69, 9.17) is 0 Å². The molecule has 0 saturated heterocycles. The van der Waals surface area contributed by atoms with Crippen molar-refractivity contribution in [2.75, 3.05) is 0 Å². The molecule has 0 aliphatic carbocycles. The van der Waals surface area contributed by atoms with Crippen LogP contribution in [0.2, 0.25) is 0 Å². The molecule has 1 heterocycles. The van der Waals surface area contributed by atoms with Gasteiger partial charge in [0, 0.05) is 11.9 Å². The van der Waals surface area contributed by atoms with E-state index in [-0.39, 0.29) is 5.56 Å². The Morgan fingerprint density at radius 1 is 0.806 bits per heavy atom. The zero-order valence-electron chi connectivity index (χ0n) is 17.7. The fraction of sp³-hybridized carbons (Fsp3) is 0.120. The van der Waals surface area contributed by atoms with Gasteiger partial charge in [0.15, 0.2) is 0 Å². The summed E-state index contributed by atoms with van der Waals surface area (Å²) in [5, 5.41) is 11.8. The summed E-state index contributed by atoms with van der Waals surface area (Å²) in [6.45, 7) is 5.88. The highest BCUT2D eigenvalue weighted by Crippen LogP contribution is 2.30. The Balaban J connectivity index is 1.67. The van der Waals surface area contributed by atoms with E-state index in [9.17, 15) is 4.79 Å². The molecule has 0 spiro atoms. The molecule has 4 aromatic rings. The third-order valence-electron chi connectivity index (χ3n) is 4.90. The Labute approximate surface area is 180 Å². The van der Waals surface area contributed by atoms with Crippen molar-refractivity contribution in [1.82, 2.24) is 9.78 Å². The number of hydrogen-bond acceptors (Lipinski definition) is 4. The zero-order valence-corrected chi connectivity index (χ0v) is 17.7. The molecule has 31 heavy (non-hydrogen) atoms. The van der Waals surface area contributed by atoms with Crippen molar-refractivity contribution in [3.8, 4) is 5.69 Å². The lowest BCUT2D eigenvalue weighted by molar-refractivity contribution is 0.835. The maximum Gasteiger partial charge on any atom is 0.280 e. The summed E-state index contributed by atoms with van der Waals surface area (Å²) in [6, 6.07) is 23.1. The first-order valence-electron chi connectivity index (χ1n) is 10.0. The van der Waals surface area contributed by atoms with Crippen LogP contribution in [0.15, 0.2) is 92.8 Å². The number of aromatic nitrogens is 2. The lowest BCUT2D eigenvalue weighted by Gasteiger charge is -2.01. The molecule has 3 aromatic carbocycles. The predicted molar refractivity (Wildman–Crippen MR) is 125 cm³/mol. The Bertz CT molecular complexity index is 1310. The maximum absolute atomic E-state index is 12.9. The summed E-state index contributed by atoms with van der Waals surface area (Å²) in [5.41, 5.74) is 6.17. The van der Waals surface area contributed by atoms with E-state index < -0.39 is 0 Å². The Kier molecular flexibility index (Phi) is 5.71. The van der Waals surface area contributed by atoms with Gasteiger partial charge < -0.3 is 0 Å². The van der Waals surface area contributed by atoms with Crippen molar-refractivity contribution in [3.05, 3.63) is 106 Å². The minimum Gasteiger partial charge on any atom is -0.295 e. The van der Waals surface area contributed by atoms with Crippen LogP contribution in [0.5, 0.6) is 0 Å². The van der Waals surface area contributed by atoms with Gasteiger partial charge in [0.05, 0.1) is 22.6 Å². The van der Waals surface area contributed by atoms with Crippen LogP contribution in [-0.2, 0) is 0 Å². The molecule has 0 bridgehead atoms. The topological polar surface area (TPSA) is 74.9 Å². The second-order valence-electron chi connectivity index (χ2n) is 7.41. The van der Waals surface area contributed by atoms with Gasteiger partial charge in [-0.05, 0) is 62.7 Å². The molecule has 154 valence electrons. The van der Waals surface area contributed by atoms with Gasteiger partial charge in [0.25, 0.3) is 5.56 Å². The van der Waals surface area contributed by atoms with Gasteiger partial charge >= 0.3 is 0 Å². The Morgan fingerprint density at radius 3 is 2.26 bits per heavy atom. The molecule has 4 rings (SSSR count). The van der Waals surface area contributed by atoms with Crippen LogP contribution >= 0.6 is 0 Å². The molecular formula is C25H23N5O. The molecule has 0 fully saturated rings. The zero-order chi connectivity index (χ0) is 21.8. The van der Waals surface area contributed by atoms with Crippen molar-refractivity contribution in [2.45, 2.75) is 20.8 Å².